The number of aliphatic carboxylic acids is 1. The summed E-state index contributed by atoms with van der Waals surface area (Å²) in [6, 6.07) is 17.0. The molecule has 3 atom stereocenters. The van der Waals surface area contributed by atoms with Gasteiger partial charge in [-0.3, -0.25) is 9.69 Å². The molecule has 1 heterocycles. The Balaban J connectivity index is 1.40. The predicted molar refractivity (Wildman–Crippen MR) is 121 cm³/mol. The monoisotopic (exact) mass is 459 g/mol. The van der Waals surface area contributed by atoms with Crippen LogP contribution < -0.4 is 9.46 Å². The van der Waals surface area contributed by atoms with Crippen LogP contribution in [0, 0.1) is 5.92 Å². The number of ether oxygens (including phenoxy) is 1. The van der Waals surface area contributed by atoms with Crippen LogP contribution in [0.4, 0.5) is 0 Å². The van der Waals surface area contributed by atoms with E-state index in [-0.39, 0.29) is 5.92 Å². The van der Waals surface area contributed by atoms with Crippen LogP contribution >= 0.6 is 0 Å². The topological polar surface area (TPSA) is 99.2 Å². The van der Waals surface area contributed by atoms with Crippen LogP contribution in [-0.4, -0.2) is 67.5 Å². The molecule has 8 nitrogen and oxygen atoms in total. The molecule has 32 heavy (non-hydrogen) atoms. The van der Waals surface area contributed by atoms with Crippen molar-refractivity contribution in [3.05, 3.63) is 65.7 Å². The summed E-state index contributed by atoms with van der Waals surface area (Å²) in [4.78, 5) is 14.4. The van der Waals surface area contributed by atoms with Crippen molar-refractivity contribution in [2.75, 3.05) is 33.3 Å². The number of benzene rings is 2. The third-order valence-electron chi connectivity index (χ3n) is 6.65. The van der Waals surface area contributed by atoms with Gasteiger partial charge in [-0.15, -0.1) is 0 Å². The molecule has 1 aliphatic carbocycles. The van der Waals surface area contributed by atoms with E-state index in [4.69, 9.17) is 4.74 Å². The van der Waals surface area contributed by atoms with Crippen molar-refractivity contribution in [1.82, 2.24) is 13.9 Å². The second kappa shape index (κ2) is 8.82. The standard InChI is InChI=1S/C23H29N3O5S/c1-17-21(19-6-4-3-5-7-19)23(17,22(27)28)24-32(29,30)26-14-12-25(13-15-26)16-18-8-10-20(31-2)11-9-18/h3-11,17,21,24H,12-16H2,1-2H3,(H,27,28)/t17-,21-,23+/m1/s1. The molecule has 9 heteroatoms. The van der Waals surface area contributed by atoms with Gasteiger partial charge in [0.1, 0.15) is 11.3 Å². The van der Waals surface area contributed by atoms with Gasteiger partial charge in [0.05, 0.1) is 7.11 Å². The summed E-state index contributed by atoms with van der Waals surface area (Å²) in [5, 5.41) is 9.95. The molecule has 4 rings (SSSR count). The minimum atomic E-state index is -3.94. The summed E-state index contributed by atoms with van der Waals surface area (Å²) in [6.07, 6.45) is 0. The largest absolute Gasteiger partial charge is 0.497 e. The molecule has 0 unspecified atom stereocenters. The Morgan fingerprint density at radius 3 is 2.28 bits per heavy atom. The molecule has 1 saturated heterocycles. The van der Waals surface area contributed by atoms with E-state index < -0.39 is 27.6 Å². The van der Waals surface area contributed by atoms with Crippen molar-refractivity contribution in [2.45, 2.75) is 24.9 Å². The molecule has 0 spiro atoms. The van der Waals surface area contributed by atoms with E-state index in [1.54, 1.807) is 14.0 Å². The number of nitrogens with one attached hydrogen (secondary N) is 1. The molecule has 1 aliphatic heterocycles. The lowest BCUT2D eigenvalue weighted by molar-refractivity contribution is -0.140. The number of hydrogen-bond donors (Lipinski definition) is 2. The molecule has 2 aromatic rings. The first-order valence-electron chi connectivity index (χ1n) is 10.7. The maximum absolute atomic E-state index is 13.1. The van der Waals surface area contributed by atoms with Gasteiger partial charge in [-0.1, -0.05) is 49.4 Å². The van der Waals surface area contributed by atoms with Crippen molar-refractivity contribution in [3.8, 4) is 5.75 Å². The highest BCUT2D eigenvalue weighted by Gasteiger charge is 2.70. The molecule has 2 fully saturated rings. The summed E-state index contributed by atoms with van der Waals surface area (Å²) in [7, 11) is -2.32. The van der Waals surface area contributed by atoms with E-state index in [1.807, 2.05) is 54.6 Å². The van der Waals surface area contributed by atoms with Gasteiger partial charge in [0.25, 0.3) is 10.2 Å². The van der Waals surface area contributed by atoms with E-state index in [1.165, 1.54) is 4.31 Å². The van der Waals surface area contributed by atoms with Gasteiger partial charge >= 0.3 is 5.97 Å². The number of rotatable bonds is 8. The van der Waals surface area contributed by atoms with Crippen molar-refractivity contribution < 1.29 is 23.1 Å². The zero-order valence-corrected chi connectivity index (χ0v) is 19.1. The van der Waals surface area contributed by atoms with E-state index >= 15 is 0 Å². The molecule has 0 aromatic heterocycles. The second-order valence-electron chi connectivity index (χ2n) is 8.48. The zero-order valence-electron chi connectivity index (χ0n) is 18.3. The summed E-state index contributed by atoms with van der Waals surface area (Å²) in [5.74, 6) is -1.08. The van der Waals surface area contributed by atoms with Crippen LogP contribution in [0.5, 0.6) is 5.75 Å². The van der Waals surface area contributed by atoms with Crippen LogP contribution in [0.1, 0.15) is 24.0 Å². The minimum absolute atomic E-state index is 0.311. The average Bonchev–Trinajstić information content (AvgIpc) is 3.39. The Bertz CT molecular complexity index is 1050. The van der Waals surface area contributed by atoms with Gasteiger partial charge in [0, 0.05) is 38.6 Å². The van der Waals surface area contributed by atoms with Gasteiger partial charge < -0.3 is 9.84 Å². The second-order valence-corrected chi connectivity index (χ2v) is 10.2. The molecule has 2 N–H and O–H groups in total. The molecule has 2 aliphatic rings. The average molecular weight is 460 g/mol. The first-order valence-corrected chi connectivity index (χ1v) is 12.1. The number of hydrogen-bond acceptors (Lipinski definition) is 5. The molecule has 0 radical (unpaired) electrons. The maximum Gasteiger partial charge on any atom is 0.325 e. The summed E-state index contributed by atoms with van der Waals surface area (Å²) < 4.78 is 35.3. The third kappa shape index (κ3) is 4.25. The summed E-state index contributed by atoms with van der Waals surface area (Å²) in [5.41, 5.74) is 0.442. The Kier molecular flexibility index (Phi) is 6.26. The smallest absolute Gasteiger partial charge is 0.325 e. The molecular weight excluding hydrogens is 430 g/mol. The molecule has 0 bridgehead atoms. The lowest BCUT2D eigenvalue weighted by atomic mass is 10.1. The lowest BCUT2D eigenvalue weighted by Crippen LogP contribution is -2.56. The number of carbonyl (C=O) groups is 1. The van der Waals surface area contributed by atoms with Crippen molar-refractivity contribution in [1.29, 1.82) is 0 Å². The highest BCUT2D eigenvalue weighted by molar-refractivity contribution is 7.87. The number of carboxylic acid groups (broad SMARTS) is 1. The lowest BCUT2D eigenvalue weighted by Gasteiger charge is -2.34. The van der Waals surface area contributed by atoms with Gasteiger partial charge in [0.15, 0.2) is 0 Å². The minimum Gasteiger partial charge on any atom is -0.497 e. The normalized spacial score (nSPS) is 26.6. The fourth-order valence-electron chi connectivity index (χ4n) is 4.70. The number of methoxy groups -OCH3 is 1. The Labute approximate surface area is 189 Å². The number of carboxylic acids is 1. The van der Waals surface area contributed by atoms with Crippen molar-refractivity contribution >= 4 is 16.2 Å². The summed E-state index contributed by atoms with van der Waals surface area (Å²) >= 11 is 0. The van der Waals surface area contributed by atoms with Crippen molar-refractivity contribution in [3.63, 3.8) is 0 Å². The van der Waals surface area contributed by atoms with E-state index in [0.717, 1.165) is 23.4 Å². The number of nitrogens with zero attached hydrogens (tertiary/aromatic N) is 2. The van der Waals surface area contributed by atoms with Gasteiger partial charge in [0.2, 0.25) is 0 Å². The highest BCUT2D eigenvalue weighted by atomic mass is 32.2. The van der Waals surface area contributed by atoms with Crippen LogP contribution in [0.15, 0.2) is 54.6 Å². The Hall–Kier alpha value is -2.46. The third-order valence-corrected chi connectivity index (χ3v) is 8.29. The molecule has 0 amide bonds. The molecule has 172 valence electrons. The molecule has 2 aromatic carbocycles. The van der Waals surface area contributed by atoms with Crippen LogP contribution in [-0.2, 0) is 21.5 Å². The predicted octanol–water partition coefficient (Wildman–Crippen LogP) is 1.90. The molecule has 1 saturated carbocycles. The van der Waals surface area contributed by atoms with Crippen LogP contribution in [0.25, 0.3) is 0 Å². The Morgan fingerprint density at radius 2 is 1.72 bits per heavy atom. The van der Waals surface area contributed by atoms with Crippen molar-refractivity contribution in [2.24, 2.45) is 5.92 Å². The van der Waals surface area contributed by atoms with Gasteiger partial charge in [-0.05, 0) is 29.2 Å². The number of piperazine rings is 1. The molecular formula is C23H29N3O5S. The SMILES string of the molecule is COc1ccc(CN2CCN(S(=O)(=O)N[C@@]3(C(=O)O)[C@H](C)[C@@H]3c3ccccc3)CC2)cc1. The first kappa shape index (κ1) is 22.7. The summed E-state index contributed by atoms with van der Waals surface area (Å²) in [6.45, 7) is 4.27. The fraction of sp³-hybridized carbons (Fsp3) is 0.435. The van der Waals surface area contributed by atoms with Crippen LogP contribution in [0.3, 0.4) is 0 Å². The van der Waals surface area contributed by atoms with Gasteiger partial charge in [-0.2, -0.15) is 17.4 Å². The van der Waals surface area contributed by atoms with Gasteiger partial charge in [-0.25, -0.2) is 0 Å². The van der Waals surface area contributed by atoms with E-state index in [9.17, 15) is 18.3 Å². The zero-order chi connectivity index (χ0) is 22.9. The van der Waals surface area contributed by atoms with Crippen LogP contribution in [0.2, 0.25) is 0 Å². The van der Waals surface area contributed by atoms with E-state index in [2.05, 4.69) is 9.62 Å². The maximum atomic E-state index is 13.1. The highest BCUT2D eigenvalue weighted by Crippen LogP contribution is 2.57. The first-order chi connectivity index (χ1) is 15.3. The Morgan fingerprint density at radius 1 is 1.09 bits per heavy atom. The van der Waals surface area contributed by atoms with E-state index in [0.29, 0.717) is 26.2 Å². The quantitative estimate of drug-likeness (QED) is 0.626. The fourth-order valence-corrected chi connectivity index (χ4v) is 6.30.